The maximum absolute atomic E-state index is 11.9. The van der Waals surface area contributed by atoms with E-state index in [0.29, 0.717) is 11.6 Å². The van der Waals surface area contributed by atoms with Gasteiger partial charge in [0.1, 0.15) is 5.69 Å². The third-order valence-corrected chi connectivity index (χ3v) is 2.17. The molecule has 0 fully saturated rings. The first kappa shape index (κ1) is 12.0. The van der Waals surface area contributed by atoms with E-state index >= 15 is 0 Å². The monoisotopic (exact) mass is 208 g/mol. The number of nitrogens with one attached hydrogen (secondary N) is 1. The molecular formula is C12H20N2O. The van der Waals surface area contributed by atoms with Crippen LogP contribution in [0.15, 0.2) is 6.07 Å². The van der Waals surface area contributed by atoms with Crippen LogP contribution >= 0.6 is 0 Å². The molecule has 0 aliphatic heterocycles. The number of hydrogen-bond acceptors (Lipinski definition) is 2. The van der Waals surface area contributed by atoms with Gasteiger partial charge in [-0.15, -0.1) is 0 Å². The normalized spacial score (nSPS) is 12.1. The molecule has 3 heteroatoms. The van der Waals surface area contributed by atoms with Crippen LogP contribution in [0, 0.1) is 11.3 Å². The molecule has 0 radical (unpaired) electrons. The molecule has 15 heavy (non-hydrogen) atoms. The number of nitrogens with zero attached hydrogens (tertiary/aromatic N) is 1. The van der Waals surface area contributed by atoms with Gasteiger partial charge < -0.3 is 0 Å². The highest BCUT2D eigenvalue weighted by atomic mass is 16.1. The average molecular weight is 208 g/mol. The second-order valence-electron chi connectivity index (χ2n) is 5.45. The Labute approximate surface area is 91.3 Å². The van der Waals surface area contributed by atoms with E-state index < -0.39 is 0 Å². The lowest BCUT2D eigenvalue weighted by Gasteiger charge is -2.14. The zero-order chi connectivity index (χ0) is 11.6. The SMILES string of the molecule is CC(C)Cc1cc(C(=O)C(C)(C)C)[nH]n1. The average Bonchev–Trinajstić information content (AvgIpc) is 2.48. The van der Waals surface area contributed by atoms with Crippen molar-refractivity contribution in [2.24, 2.45) is 11.3 Å². The summed E-state index contributed by atoms with van der Waals surface area (Å²) in [7, 11) is 0. The van der Waals surface area contributed by atoms with Gasteiger partial charge in [-0.2, -0.15) is 5.10 Å². The van der Waals surface area contributed by atoms with E-state index in [1.54, 1.807) is 0 Å². The van der Waals surface area contributed by atoms with Crippen molar-refractivity contribution in [3.8, 4) is 0 Å². The van der Waals surface area contributed by atoms with Crippen molar-refractivity contribution in [1.29, 1.82) is 0 Å². The molecule has 0 unspecified atom stereocenters. The van der Waals surface area contributed by atoms with Crippen molar-refractivity contribution in [3.05, 3.63) is 17.5 Å². The molecule has 0 bridgehead atoms. The molecule has 0 saturated heterocycles. The topological polar surface area (TPSA) is 45.8 Å². The molecule has 0 atom stereocenters. The molecule has 1 aromatic heterocycles. The van der Waals surface area contributed by atoms with Crippen molar-refractivity contribution in [1.82, 2.24) is 10.2 Å². The van der Waals surface area contributed by atoms with Gasteiger partial charge in [0.2, 0.25) is 0 Å². The summed E-state index contributed by atoms with van der Waals surface area (Å²) < 4.78 is 0. The molecule has 1 rings (SSSR count). The molecule has 1 heterocycles. The molecule has 0 aromatic carbocycles. The van der Waals surface area contributed by atoms with Crippen molar-refractivity contribution in [3.63, 3.8) is 0 Å². The van der Waals surface area contributed by atoms with Gasteiger partial charge in [0.05, 0.1) is 5.69 Å². The zero-order valence-corrected chi connectivity index (χ0v) is 10.2. The maximum atomic E-state index is 11.9. The Kier molecular flexibility index (Phi) is 3.32. The number of ketones is 1. The number of H-pyrrole nitrogens is 1. The van der Waals surface area contributed by atoms with E-state index in [9.17, 15) is 4.79 Å². The maximum Gasteiger partial charge on any atom is 0.185 e. The van der Waals surface area contributed by atoms with Gasteiger partial charge in [0, 0.05) is 5.41 Å². The highest BCUT2D eigenvalue weighted by molar-refractivity contribution is 5.98. The summed E-state index contributed by atoms with van der Waals surface area (Å²) in [5, 5.41) is 6.96. The van der Waals surface area contributed by atoms with Crippen LogP contribution in [-0.4, -0.2) is 16.0 Å². The lowest BCUT2D eigenvalue weighted by atomic mass is 9.89. The van der Waals surface area contributed by atoms with Crippen LogP contribution in [0.2, 0.25) is 0 Å². The Bertz CT molecular complexity index is 345. The molecule has 3 nitrogen and oxygen atoms in total. The van der Waals surface area contributed by atoms with Crippen LogP contribution in [0.4, 0.5) is 0 Å². The number of carbonyl (C=O) groups is 1. The summed E-state index contributed by atoms with van der Waals surface area (Å²) in [6, 6.07) is 1.87. The van der Waals surface area contributed by atoms with E-state index in [4.69, 9.17) is 0 Å². The second-order valence-corrected chi connectivity index (χ2v) is 5.45. The molecule has 0 amide bonds. The number of aromatic nitrogens is 2. The fourth-order valence-electron chi connectivity index (χ4n) is 1.41. The third-order valence-electron chi connectivity index (χ3n) is 2.17. The molecule has 0 aliphatic rings. The van der Waals surface area contributed by atoms with Crippen molar-refractivity contribution in [2.45, 2.75) is 41.0 Å². The highest BCUT2D eigenvalue weighted by Gasteiger charge is 2.24. The number of Topliss-reactive ketones (excluding diaryl/α,β-unsaturated/α-hetero) is 1. The van der Waals surface area contributed by atoms with E-state index in [0.717, 1.165) is 12.1 Å². The lowest BCUT2D eigenvalue weighted by Crippen LogP contribution is -2.20. The Hall–Kier alpha value is -1.12. The van der Waals surface area contributed by atoms with Crippen LogP contribution in [-0.2, 0) is 6.42 Å². The number of carbonyl (C=O) groups excluding carboxylic acids is 1. The Morgan fingerprint density at radius 1 is 1.47 bits per heavy atom. The van der Waals surface area contributed by atoms with Gasteiger partial charge in [-0.3, -0.25) is 9.89 Å². The second kappa shape index (κ2) is 4.17. The largest absolute Gasteiger partial charge is 0.292 e. The number of hydrogen-bond donors (Lipinski definition) is 1. The van der Waals surface area contributed by atoms with E-state index in [1.165, 1.54) is 0 Å². The molecule has 1 aromatic rings. The Morgan fingerprint density at radius 3 is 2.53 bits per heavy atom. The van der Waals surface area contributed by atoms with Gasteiger partial charge in [-0.05, 0) is 18.4 Å². The van der Waals surface area contributed by atoms with E-state index in [2.05, 4.69) is 24.0 Å². The predicted octanol–water partition coefficient (Wildman–Crippen LogP) is 2.84. The summed E-state index contributed by atoms with van der Waals surface area (Å²) in [6.45, 7) is 10.0. The molecular weight excluding hydrogens is 188 g/mol. The quantitative estimate of drug-likeness (QED) is 0.776. The first-order valence-corrected chi connectivity index (χ1v) is 5.40. The van der Waals surface area contributed by atoms with Crippen LogP contribution in [0.5, 0.6) is 0 Å². The van der Waals surface area contributed by atoms with E-state index in [1.807, 2.05) is 26.8 Å². The Morgan fingerprint density at radius 2 is 2.07 bits per heavy atom. The molecule has 0 aliphatic carbocycles. The summed E-state index contributed by atoms with van der Waals surface area (Å²) in [5.74, 6) is 0.677. The first-order chi connectivity index (χ1) is 6.80. The van der Waals surface area contributed by atoms with Crippen LogP contribution in [0.1, 0.15) is 50.8 Å². The van der Waals surface area contributed by atoms with Crippen LogP contribution in [0.25, 0.3) is 0 Å². The first-order valence-electron chi connectivity index (χ1n) is 5.40. The van der Waals surface area contributed by atoms with Gasteiger partial charge in [-0.1, -0.05) is 34.6 Å². The summed E-state index contributed by atoms with van der Waals surface area (Å²) in [5.41, 5.74) is 1.25. The zero-order valence-electron chi connectivity index (χ0n) is 10.2. The molecule has 0 spiro atoms. The van der Waals surface area contributed by atoms with E-state index in [-0.39, 0.29) is 11.2 Å². The fraction of sp³-hybridized carbons (Fsp3) is 0.667. The van der Waals surface area contributed by atoms with Crippen LogP contribution < -0.4 is 0 Å². The van der Waals surface area contributed by atoms with Crippen LogP contribution in [0.3, 0.4) is 0 Å². The fourth-order valence-corrected chi connectivity index (χ4v) is 1.41. The van der Waals surface area contributed by atoms with Gasteiger partial charge in [0.25, 0.3) is 0 Å². The van der Waals surface area contributed by atoms with Crippen molar-refractivity contribution in [2.75, 3.05) is 0 Å². The van der Waals surface area contributed by atoms with Gasteiger partial charge in [-0.25, -0.2) is 0 Å². The van der Waals surface area contributed by atoms with Gasteiger partial charge in [0.15, 0.2) is 5.78 Å². The highest BCUT2D eigenvalue weighted by Crippen LogP contribution is 2.20. The lowest BCUT2D eigenvalue weighted by molar-refractivity contribution is 0.0853. The summed E-state index contributed by atoms with van der Waals surface area (Å²) >= 11 is 0. The third kappa shape index (κ3) is 3.18. The predicted molar refractivity (Wildman–Crippen MR) is 60.9 cm³/mol. The molecule has 84 valence electrons. The minimum absolute atomic E-state index is 0.116. The minimum atomic E-state index is -0.346. The Balaban J connectivity index is 2.81. The summed E-state index contributed by atoms with van der Waals surface area (Å²) in [4.78, 5) is 11.9. The molecule has 0 saturated carbocycles. The number of rotatable bonds is 3. The van der Waals surface area contributed by atoms with Crippen molar-refractivity contribution >= 4 is 5.78 Å². The number of aromatic amines is 1. The smallest absolute Gasteiger partial charge is 0.185 e. The standard InChI is InChI=1S/C12H20N2O/c1-8(2)6-9-7-10(14-13-9)11(15)12(3,4)5/h7-8H,6H2,1-5H3,(H,13,14). The summed E-state index contributed by atoms with van der Waals surface area (Å²) in [6.07, 6.45) is 0.911. The van der Waals surface area contributed by atoms with Gasteiger partial charge >= 0.3 is 0 Å². The van der Waals surface area contributed by atoms with Crippen molar-refractivity contribution < 1.29 is 4.79 Å². The molecule has 1 N–H and O–H groups in total. The minimum Gasteiger partial charge on any atom is -0.292 e.